The molecule has 0 aliphatic heterocycles. The fraction of sp³-hybridized carbons (Fsp3) is 0.280. The maximum absolute atomic E-state index is 6.02. The Labute approximate surface area is 202 Å². The topological polar surface area (TPSA) is 116 Å². The smallest absolute Gasteiger partial charge is 0.255 e. The van der Waals surface area contributed by atoms with Gasteiger partial charge in [0.05, 0.1) is 12.3 Å². The summed E-state index contributed by atoms with van der Waals surface area (Å²) in [6.07, 6.45) is 4.00. The Morgan fingerprint density at radius 1 is 1.00 bits per heavy atom. The van der Waals surface area contributed by atoms with E-state index in [-0.39, 0.29) is 0 Å². The van der Waals surface area contributed by atoms with Gasteiger partial charge >= 0.3 is 0 Å². The molecule has 0 bridgehead atoms. The molecule has 10 heteroatoms. The summed E-state index contributed by atoms with van der Waals surface area (Å²) in [5.41, 5.74) is 6.26. The molecule has 178 valence electrons. The molecule has 0 saturated carbocycles. The van der Waals surface area contributed by atoms with Gasteiger partial charge < -0.3 is 9.47 Å². The molecule has 10 nitrogen and oxygen atoms in total. The van der Waals surface area contributed by atoms with E-state index in [1.807, 2.05) is 22.7 Å². The van der Waals surface area contributed by atoms with Crippen molar-refractivity contribution >= 4 is 5.78 Å². The molecule has 0 unspecified atom stereocenters. The van der Waals surface area contributed by atoms with Gasteiger partial charge in [-0.2, -0.15) is 20.3 Å². The van der Waals surface area contributed by atoms with Crippen molar-refractivity contribution < 1.29 is 9.47 Å². The van der Waals surface area contributed by atoms with Crippen LogP contribution >= 0.6 is 0 Å². The van der Waals surface area contributed by atoms with Gasteiger partial charge in [0.1, 0.15) is 12.9 Å². The number of hydrogen-bond acceptors (Lipinski definition) is 8. The zero-order valence-corrected chi connectivity index (χ0v) is 19.7. The zero-order chi connectivity index (χ0) is 24.0. The molecular weight excluding hydrogens is 444 g/mol. The summed E-state index contributed by atoms with van der Waals surface area (Å²) >= 11 is 0. The summed E-state index contributed by atoms with van der Waals surface area (Å²) in [5, 5.41) is 18.9. The van der Waals surface area contributed by atoms with E-state index in [1.54, 1.807) is 7.11 Å². The van der Waals surface area contributed by atoms with E-state index in [0.717, 1.165) is 46.4 Å². The van der Waals surface area contributed by atoms with E-state index in [0.29, 0.717) is 37.1 Å². The van der Waals surface area contributed by atoms with Gasteiger partial charge in [-0.25, -0.2) is 4.52 Å². The average molecular weight is 471 g/mol. The van der Waals surface area contributed by atoms with Crippen LogP contribution in [0.25, 0.3) is 28.3 Å². The summed E-state index contributed by atoms with van der Waals surface area (Å²) in [7, 11) is 1.65. The summed E-state index contributed by atoms with van der Waals surface area (Å²) < 4.78 is 13.0. The highest BCUT2D eigenvalue weighted by atomic mass is 16.5. The van der Waals surface area contributed by atoms with Gasteiger partial charge in [-0.1, -0.05) is 61.9 Å². The number of aromatic amines is 1. The molecule has 0 radical (unpaired) electrons. The molecule has 0 aliphatic carbocycles. The minimum Gasteiger partial charge on any atom is -0.475 e. The molecule has 5 aromatic rings. The van der Waals surface area contributed by atoms with Crippen LogP contribution in [0.2, 0.25) is 0 Å². The van der Waals surface area contributed by atoms with Crippen molar-refractivity contribution in [2.45, 2.75) is 26.2 Å². The van der Waals surface area contributed by atoms with Gasteiger partial charge in [0.2, 0.25) is 11.7 Å². The number of methoxy groups -OCH3 is 1. The van der Waals surface area contributed by atoms with E-state index in [4.69, 9.17) is 9.47 Å². The number of ether oxygens (including phenoxy) is 2. The number of rotatable bonds is 10. The van der Waals surface area contributed by atoms with Crippen molar-refractivity contribution in [2.24, 2.45) is 0 Å². The zero-order valence-electron chi connectivity index (χ0n) is 19.7. The van der Waals surface area contributed by atoms with E-state index in [1.165, 1.54) is 6.33 Å². The van der Waals surface area contributed by atoms with Gasteiger partial charge in [-0.05, 0) is 28.3 Å². The number of nitrogens with zero attached hydrogens (tertiary/aromatic N) is 7. The molecular formula is C25H26N8O2. The molecule has 35 heavy (non-hydrogen) atoms. The van der Waals surface area contributed by atoms with Gasteiger partial charge in [-0.3, -0.25) is 0 Å². The van der Waals surface area contributed by atoms with Crippen molar-refractivity contribution in [1.29, 1.82) is 0 Å². The molecule has 0 atom stereocenters. The molecule has 0 aliphatic rings. The number of fused-ring (bicyclic) bond motifs is 1. The quantitative estimate of drug-likeness (QED) is 0.308. The van der Waals surface area contributed by atoms with Crippen LogP contribution in [0.15, 0.2) is 54.9 Å². The van der Waals surface area contributed by atoms with Gasteiger partial charge in [0.25, 0.3) is 5.78 Å². The first-order valence-corrected chi connectivity index (χ1v) is 11.5. The highest BCUT2D eigenvalue weighted by molar-refractivity contribution is 5.80. The molecule has 3 aromatic heterocycles. The van der Waals surface area contributed by atoms with Crippen molar-refractivity contribution in [3.8, 4) is 28.4 Å². The Bertz CT molecular complexity index is 1400. The van der Waals surface area contributed by atoms with Crippen LogP contribution in [-0.4, -0.2) is 60.5 Å². The fourth-order valence-corrected chi connectivity index (χ4v) is 4.14. The first-order chi connectivity index (χ1) is 17.3. The van der Waals surface area contributed by atoms with E-state index in [9.17, 15) is 0 Å². The van der Waals surface area contributed by atoms with Crippen LogP contribution in [0.4, 0.5) is 0 Å². The lowest BCUT2D eigenvalue weighted by Crippen LogP contribution is -2.13. The number of aryl methyl sites for hydroxylation is 1. The van der Waals surface area contributed by atoms with Crippen LogP contribution in [0.3, 0.4) is 0 Å². The van der Waals surface area contributed by atoms with Crippen LogP contribution in [0, 0.1) is 0 Å². The van der Waals surface area contributed by atoms with Crippen molar-refractivity contribution in [3.05, 3.63) is 71.7 Å². The maximum atomic E-state index is 6.02. The lowest BCUT2D eigenvalue weighted by molar-refractivity contribution is 0.143. The number of benzene rings is 2. The number of nitrogens with one attached hydrogen (secondary N) is 1. The van der Waals surface area contributed by atoms with Crippen LogP contribution in [0.5, 0.6) is 5.88 Å². The predicted molar refractivity (Wildman–Crippen MR) is 130 cm³/mol. The highest BCUT2D eigenvalue weighted by Gasteiger charge is 2.18. The largest absolute Gasteiger partial charge is 0.475 e. The van der Waals surface area contributed by atoms with Gasteiger partial charge in [-0.15, -0.1) is 10.2 Å². The summed E-state index contributed by atoms with van der Waals surface area (Å²) in [4.78, 5) is 8.93. The number of tetrazole rings is 1. The summed E-state index contributed by atoms with van der Waals surface area (Å²) in [6.45, 7) is 3.04. The molecule has 0 spiro atoms. The Balaban J connectivity index is 1.49. The minimum absolute atomic E-state index is 0.415. The lowest BCUT2D eigenvalue weighted by Gasteiger charge is -2.16. The Kier molecular flexibility index (Phi) is 6.71. The Hall–Kier alpha value is -4.18. The van der Waals surface area contributed by atoms with Crippen LogP contribution < -0.4 is 4.74 Å². The Morgan fingerprint density at radius 2 is 1.83 bits per heavy atom. The fourth-order valence-electron chi connectivity index (χ4n) is 4.14. The third kappa shape index (κ3) is 4.73. The molecule has 0 saturated heterocycles. The monoisotopic (exact) mass is 470 g/mol. The maximum Gasteiger partial charge on any atom is 0.255 e. The second-order valence-corrected chi connectivity index (χ2v) is 8.06. The second kappa shape index (κ2) is 10.4. The predicted octanol–water partition coefficient (Wildman–Crippen LogP) is 3.54. The summed E-state index contributed by atoms with van der Waals surface area (Å²) in [6, 6.07) is 16.5. The second-order valence-electron chi connectivity index (χ2n) is 8.06. The first-order valence-electron chi connectivity index (χ1n) is 11.5. The normalized spacial score (nSPS) is 11.3. The van der Waals surface area contributed by atoms with Crippen LogP contribution in [0.1, 0.15) is 30.2 Å². The SMILES string of the molecule is CCCc1c(Cc2ccc(-c3ccccc3-c3nn[nH]n3)cc2)c(OCCOC)nc2ncnn12. The molecule has 0 amide bonds. The minimum atomic E-state index is 0.415. The molecule has 1 N–H and O–H groups in total. The molecule has 0 fully saturated rings. The lowest BCUT2D eigenvalue weighted by atomic mass is 9.96. The van der Waals surface area contributed by atoms with E-state index < -0.39 is 0 Å². The Morgan fingerprint density at radius 3 is 2.57 bits per heavy atom. The number of H-pyrrole nitrogens is 1. The average Bonchev–Trinajstić information content (AvgIpc) is 3.59. The van der Waals surface area contributed by atoms with E-state index >= 15 is 0 Å². The summed E-state index contributed by atoms with van der Waals surface area (Å²) in [5.74, 6) is 1.69. The van der Waals surface area contributed by atoms with Crippen molar-refractivity contribution in [1.82, 2.24) is 40.2 Å². The molecule has 2 aromatic carbocycles. The number of aromatic nitrogens is 8. The standard InChI is InChI=1S/C25H26N8O2/c1-3-6-22-21(24(35-14-13-34-2)28-25-26-16-27-33(22)25)15-17-9-11-18(12-10-17)19-7-4-5-8-20(19)23-29-31-32-30-23/h4-5,7-12,16H,3,6,13-15H2,1-2H3,(H,29,30,31,32). The van der Waals surface area contributed by atoms with Crippen molar-refractivity contribution in [3.63, 3.8) is 0 Å². The third-order valence-corrected chi connectivity index (χ3v) is 5.77. The van der Waals surface area contributed by atoms with Crippen LogP contribution in [-0.2, 0) is 17.6 Å². The first kappa shape index (κ1) is 22.6. The number of hydrogen-bond donors (Lipinski definition) is 1. The van der Waals surface area contributed by atoms with E-state index in [2.05, 4.69) is 72.9 Å². The van der Waals surface area contributed by atoms with Gasteiger partial charge in [0.15, 0.2) is 0 Å². The molecule has 3 heterocycles. The third-order valence-electron chi connectivity index (χ3n) is 5.77. The van der Waals surface area contributed by atoms with Crippen molar-refractivity contribution in [2.75, 3.05) is 20.3 Å². The molecule has 5 rings (SSSR count). The van der Waals surface area contributed by atoms with Gasteiger partial charge in [0, 0.05) is 24.7 Å². The highest BCUT2D eigenvalue weighted by Crippen LogP contribution is 2.31.